The molecule has 0 aliphatic carbocycles. The minimum Gasteiger partial charge on any atom is -0.355 e. The van der Waals surface area contributed by atoms with Crippen molar-refractivity contribution in [3.05, 3.63) is 64.1 Å². The third kappa shape index (κ3) is 6.16. The van der Waals surface area contributed by atoms with Crippen molar-refractivity contribution >= 4 is 46.8 Å². The first-order chi connectivity index (χ1) is 12.9. The summed E-state index contributed by atoms with van der Waals surface area (Å²) in [5.74, 6) is -0.145. The van der Waals surface area contributed by atoms with Crippen LogP contribution >= 0.6 is 35.0 Å². The minimum absolute atomic E-state index is 0.154. The molecule has 144 valence electrons. The second-order valence-corrected chi connectivity index (χ2v) is 7.76. The lowest BCUT2D eigenvalue weighted by molar-refractivity contribution is -0.138. The number of likely N-dealkylation sites (N-methyl/N-ethyl adjacent to an activating group) is 1. The third-order valence-corrected chi connectivity index (χ3v) is 5.72. The van der Waals surface area contributed by atoms with E-state index in [0.29, 0.717) is 22.2 Å². The van der Waals surface area contributed by atoms with Crippen LogP contribution in [-0.4, -0.2) is 35.1 Å². The first-order valence-corrected chi connectivity index (χ1v) is 10.4. The van der Waals surface area contributed by atoms with Gasteiger partial charge in [-0.2, -0.15) is 0 Å². The van der Waals surface area contributed by atoms with Crippen molar-refractivity contribution in [1.82, 2.24) is 10.2 Å². The van der Waals surface area contributed by atoms with E-state index in [9.17, 15) is 9.59 Å². The molecule has 0 bridgehead atoms. The highest BCUT2D eigenvalue weighted by Crippen LogP contribution is 2.27. The summed E-state index contributed by atoms with van der Waals surface area (Å²) in [5, 5.41) is 3.71. The van der Waals surface area contributed by atoms with Crippen LogP contribution in [0.1, 0.15) is 19.4 Å². The maximum atomic E-state index is 12.9. The Bertz CT molecular complexity index is 767. The number of amides is 2. The standard InChI is InChI=1S/C20H22Cl2N2O2S/c1-3-23-20(26)14(2)24(12-16-17(21)10-7-11-18(16)22)19(25)13-27-15-8-5-4-6-9-15/h4-11,14H,3,12-13H2,1-2H3,(H,23,26)/t14-/m0/s1. The molecule has 0 aromatic heterocycles. The molecule has 0 aliphatic rings. The molecule has 2 aromatic rings. The molecule has 1 N–H and O–H groups in total. The fourth-order valence-electron chi connectivity index (χ4n) is 2.50. The molecule has 0 spiro atoms. The van der Waals surface area contributed by atoms with Gasteiger partial charge in [-0.15, -0.1) is 11.8 Å². The Hall–Kier alpha value is -1.69. The van der Waals surface area contributed by atoms with Crippen molar-refractivity contribution in [2.45, 2.75) is 31.3 Å². The van der Waals surface area contributed by atoms with Crippen molar-refractivity contribution in [2.24, 2.45) is 0 Å². The predicted octanol–water partition coefficient (Wildman–Crippen LogP) is 4.64. The van der Waals surface area contributed by atoms with Gasteiger partial charge < -0.3 is 10.2 Å². The summed E-state index contributed by atoms with van der Waals surface area (Å²) in [6.07, 6.45) is 0. The highest BCUT2D eigenvalue weighted by molar-refractivity contribution is 8.00. The molecule has 0 saturated heterocycles. The molecule has 4 nitrogen and oxygen atoms in total. The Morgan fingerprint density at radius 2 is 1.70 bits per heavy atom. The van der Waals surface area contributed by atoms with Crippen LogP contribution in [0.3, 0.4) is 0 Å². The number of halogens is 2. The van der Waals surface area contributed by atoms with Crippen molar-refractivity contribution in [1.29, 1.82) is 0 Å². The van der Waals surface area contributed by atoms with Crippen molar-refractivity contribution < 1.29 is 9.59 Å². The molecule has 2 amide bonds. The number of carbonyl (C=O) groups is 2. The lowest BCUT2D eigenvalue weighted by Gasteiger charge is -2.29. The van der Waals surface area contributed by atoms with Gasteiger partial charge in [0.15, 0.2) is 0 Å². The van der Waals surface area contributed by atoms with E-state index < -0.39 is 6.04 Å². The summed E-state index contributed by atoms with van der Waals surface area (Å²) in [6, 6.07) is 14.2. The number of hydrogen-bond donors (Lipinski definition) is 1. The number of carbonyl (C=O) groups excluding carboxylic acids is 2. The zero-order valence-electron chi connectivity index (χ0n) is 15.2. The van der Waals surface area contributed by atoms with Gasteiger partial charge in [0.25, 0.3) is 0 Å². The number of nitrogens with zero attached hydrogens (tertiary/aromatic N) is 1. The number of nitrogens with one attached hydrogen (secondary N) is 1. The first-order valence-electron chi connectivity index (χ1n) is 8.62. The third-order valence-electron chi connectivity index (χ3n) is 4.01. The van der Waals surface area contributed by atoms with Crippen LogP contribution < -0.4 is 5.32 Å². The van der Waals surface area contributed by atoms with Gasteiger partial charge in [-0.05, 0) is 38.1 Å². The quantitative estimate of drug-likeness (QED) is 0.627. The van der Waals surface area contributed by atoms with Crippen LogP contribution in [0.25, 0.3) is 0 Å². The van der Waals surface area contributed by atoms with Crippen LogP contribution in [-0.2, 0) is 16.1 Å². The van der Waals surface area contributed by atoms with Gasteiger partial charge in [-0.25, -0.2) is 0 Å². The molecule has 0 fully saturated rings. The second kappa shape index (κ2) is 10.6. The van der Waals surface area contributed by atoms with E-state index in [0.717, 1.165) is 4.90 Å². The average molecular weight is 425 g/mol. The highest BCUT2D eigenvalue weighted by Gasteiger charge is 2.27. The number of hydrogen-bond acceptors (Lipinski definition) is 3. The molecule has 0 unspecified atom stereocenters. The van der Waals surface area contributed by atoms with Crippen LogP contribution in [0, 0.1) is 0 Å². The minimum atomic E-state index is -0.638. The fourth-order valence-corrected chi connectivity index (χ4v) is 3.83. The Balaban J connectivity index is 2.20. The van der Waals surface area contributed by atoms with Crippen LogP contribution in [0.4, 0.5) is 0 Å². The smallest absolute Gasteiger partial charge is 0.242 e. The van der Waals surface area contributed by atoms with Crippen molar-refractivity contribution in [3.63, 3.8) is 0 Å². The summed E-state index contributed by atoms with van der Waals surface area (Å²) >= 11 is 14.0. The predicted molar refractivity (Wildman–Crippen MR) is 112 cm³/mol. The molecule has 2 aromatic carbocycles. The second-order valence-electron chi connectivity index (χ2n) is 5.89. The van der Waals surface area contributed by atoms with E-state index in [1.807, 2.05) is 37.3 Å². The summed E-state index contributed by atoms with van der Waals surface area (Å²) in [5.41, 5.74) is 0.634. The SMILES string of the molecule is CCNC(=O)[C@H](C)N(Cc1c(Cl)cccc1Cl)C(=O)CSc1ccccc1. The van der Waals surface area contributed by atoms with E-state index >= 15 is 0 Å². The molecule has 7 heteroatoms. The van der Waals surface area contributed by atoms with Gasteiger partial charge >= 0.3 is 0 Å². The maximum Gasteiger partial charge on any atom is 0.242 e. The van der Waals surface area contributed by atoms with Crippen LogP contribution in [0.2, 0.25) is 10.0 Å². The Morgan fingerprint density at radius 3 is 2.30 bits per heavy atom. The Morgan fingerprint density at radius 1 is 1.07 bits per heavy atom. The topological polar surface area (TPSA) is 49.4 Å². The number of rotatable bonds is 8. The molecule has 27 heavy (non-hydrogen) atoms. The molecule has 2 rings (SSSR count). The van der Waals surface area contributed by atoms with Gasteiger partial charge in [0.05, 0.1) is 5.75 Å². The largest absolute Gasteiger partial charge is 0.355 e. The maximum absolute atomic E-state index is 12.9. The Kier molecular flexibility index (Phi) is 8.48. The molecular formula is C20H22Cl2N2O2S. The normalized spacial score (nSPS) is 11.7. The Labute approximate surface area is 174 Å². The molecule has 0 radical (unpaired) electrons. The van der Waals surface area contributed by atoms with Crippen LogP contribution in [0.5, 0.6) is 0 Å². The van der Waals surface area contributed by atoms with Gasteiger partial charge in [0.2, 0.25) is 11.8 Å². The zero-order chi connectivity index (χ0) is 19.8. The lowest BCUT2D eigenvalue weighted by Crippen LogP contribution is -2.48. The summed E-state index contributed by atoms with van der Waals surface area (Å²) in [7, 11) is 0. The van der Waals surface area contributed by atoms with Gasteiger partial charge in [-0.3, -0.25) is 9.59 Å². The number of thioether (sulfide) groups is 1. The molecule has 0 aliphatic heterocycles. The summed E-state index contributed by atoms with van der Waals surface area (Å²) in [6.45, 7) is 4.22. The zero-order valence-corrected chi connectivity index (χ0v) is 17.6. The van der Waals surface area contributed by atoms with Crippen molar-refractivity contribution in [2.75, 3.05) is 12.3 Å². The van der Waals surface area contributed by atoms with E-state index in [1.165, 1.54) is 16.7 Å². The summed E-state index contributed by atoms with van der Waals surface area (Å²) in [4.78, 5) is 27.8. The highest BCUT2D eigenvalue weighted by atomic mass is 35.5. The van der Waals surface area contributed by atoms with Crippen LogP contribution in [0.15, 0.2) is 53.4 Å². The fraction of sp³-hybridized carbons (Fsp3) is 0.300. The van der Waals surface area contributed by atoms with Gasteiger partial charge in [0, 0.05) is 33.6 Å². The van der Waals surface area contributed by atoms with E-state index in [2.05, 4.69) is 5.32 Å². The molecule has 0 heterocycles. The van der Waals surface area contributed by atoms with Gasteiger partial charge in [0.1, 0.15) is 6.04 Å². The number of benzene rings is 2. The van der Waals surface area contributed by atoms with Gasteiger partial charge in [-0.1, -0.05) is 47.5 Å². The molecule has 1 atom stereocenters. The van der Waals surface area contributed by atoms with E-state index in [4.69, 9.17) is 23.2 Å². The van der Waals surface area contributed by atoms with E-state index in [1.54, 1.807) is 25.1 Å². The lowest BCUT2D eigenvalue weighted by atomic mass is 10.1. The van der Waals surface area contributed by atoms with E-state index in [-0.39, 0.29) is 24.1 Å². The van der Waals surface area contributed by atoms with Crippen molar-refractivity contribution in [3.8, 4) is 0 Å². The summed E-state index contributed by atoms with van der Waals surface area (Å²) < 4.78 is 0. The first kappa shape index (κ1) is 21.6. The molecular weight excluding hydrogens is 403 g/mol. The monoisotopic (exact) mass is 424 g/mol. The molecule has 0 saturated carbocycles. The average Bonchev–Trinajstić information content (AvgIpc) is 2.66.